The maximum absolute atomic E-state index is 12.6. The Morgan fingerprint density at radius 1 is 1.07 bits per heavy atom. The number of aromatic nitrogens is 1. The normalized spacial score (nSPS) is 20.3. The molecule has 1 aromatic carbocycles. The summed E-state index contributed by atoms with van der Waals surface area (Å²) < 4.78 is 5.26. The molecule has 3 rings (SSSR count). The standard InChI is InChI=1S/C23H32N4O3/c1-17-21(18(2)30-26-17)15-27-14-6-12-24-22(28)10-9-20(11-13-25-23(29)16-27)19-7-4-3-5-8-19/h3-5,7-8,20H,6,9-16H2,1-2H3,(H,24,28)(H,25,29). The maximum atomic E-state index is 12.6. The van der Waals surface area contributed by atoms with Crippen molar-refractivity contribution in [3.05, 3.63) is 52.9 Å². The number of hydrogen-bond donors (Lipinski definition) is 2. The zero-order valence-electron chi connectivity index (χ0n) is 17.9. The summed E-state index contributed by atoms with van der Waals surface area (Å²) in [6.07, 6.45) is 2.87. The molecular weight excluding hydrogens is 380 g/mol. The summed E-state index contributed by atoms with van der Waals surface area (Å²) in [4.78, 5) is 27.0. The van der Waals surface area contributed by atoms with Crippen LogP contribution in [0.25, 0.3) is 0 Å². The molecule has 2 amide bonds. The third-order valence-corrected chi connectivity index (χ3v) is 5.71. The first-order valence-corrected chi connectivity index (χ1v) is 10.8. The molecule has 30 heavy (non-hydrogen) atoms. The van der Waals surface area contributed by atoms with Crippen molar-refractivity contribution in [2.24, 2.45) is 0 Å². The summed E-state index contributed by atoms with van der Waals surface area (Å²) in [5, 5.41) is 10.1. The third-order valence-electron chi connectivity index (χ3n) is 5.71. The molecule has 162 valence electrons. The average Bonchev–Trinajstić information content (AvgIpc) is 3.05. The Morgan fingerprint density at radius 2 is 1.83 bits per heavy atom. The van der Waals surface area contributed by atoms with Crippen LogP contribution in [0.2, 0.25) is 0 Å². The summed E-state index contributed by atoms with van der Waals surface area (Å²) in [7, 11) is 0. The molecule has 2 heterocycles. The molecule has 1 aliphatic heterocycles. The van der Waals surface area contributed by atoms with Crippen molar-refractivity contribution < 1.29 is 14.1 Å². The third kappa shape index (κ3) is 6.42. The van der Waals surface area contributed by atoms with Gasteiger partial charge in [-0.2, -0.15) is 0 Å². The Bertz CT molecular complexity index is 815. The minimum Gasteiger partial charge on any atom is -0.361 e. The minimum absolute atomic E-state index is 0.0228. The Hall–Kier alpha value is -2.67. The first kappa shape index (κ1) is 22.0. The van der Waals surface area contributed by atoms with E-state index in [1.165, 1.54) is 5.56 Å². The van der Waals surface area contributed by atoms with Gasteiger partial charge in [0.2, 0.25) is 11.8 Å². The molecule has 0 saturated carbocycles. The molecule has 2 N–H and O–H groups in total. The highest BCUT2D eigenvalue weighted by atomic mass is 16.5. The van der Waals surface area contributed by atoms with Gasteiger partial charge in [-0.25, -0.2) is 0 Å². The van der Waals surface area contributed by atoms with Crippen LogP contribution in [-0.4, -0.2) is 48.0 Å². The number of aryl methyl sites for hydroxylation is 2. The van der Waals surface area contributed by atoms with Crippen LogP contribution in [0.5, 0.6) is 0 Å². The summed E-state index contributed by atoms with van der Waals surface area (Å²) in [6, 6.07) is 10.2. The van der Waals surface area contributed by atoms with Gasteiger partial charge >= 0.3 is 0 Å². The van der Waals surface area contributed by atoms with Gasteiger partial charge < -0.3 is 15.2 Å². The molecule has 1 unspecified atom stereocenters. The molecule has 7 nitrogen and oxygen atoms in total. The van der Waals surface area contributed by atoms with Crippen LogP contribution in [0.3, 0.4) is 0 Å². The van der Waals surface area contributed by atoms with Gasteiger partial charge in [0.05, 0.1) is 12.2 Å². The summed E-state index contributed by atoms with van der Waals surface area (Å²) >= 11 is 0. The molecule has 0 bridgehead atoms. The van der Waals surface area contributed by atoms with E-state index in [0.29, 0.717) is 39.1 Å². The van der Waals surface area contributed by atoms with E-state index in [0.717, 1.165) is 36.3 Å². The summed E-state index contributed by atoms with van der Waals surface area (Å²) in [6.45, 7) is 6.64. The van der Waals surface area contributed by atoms with Crippen molar-refractivity contribution in [2.75, 3.05) is 26.2 Å². The molecule has 1 atom stereocenters. The number of nitrogens with zero attached hydrogens (tertiary/aromatic N) is 2. The van der Waals surface area contributed by atoms with E-state index in [1.54, 1.807) is 0 Å². The van der Waals surface area contributed by atoms with Crippen molar-refractivity contribution in [1.29, 1.82) is 0 Å². The SMILES string of the molecule is Cc1noc(C)c1CN1CCCNC(=O)CCC(c2ccccc2)CCNC(=O)C1. The van der Waals surface area contributed by atoms with Gasteiger partial charge in [-0.3, -0.25) is 14.5 Å². The average molecular weight is 413 g/mol. The van der Waals surface area contributed by atoms with E-state index < -0.39 is 0 Å². The Morgan fingerprint density at radius 3 is 2.57 bits per heavy atom. The molecular formula is C23H32N4O3. The van der Waals surface area contributed by atoms with Crippen LogP contribution in [-0.2, 0) is 16.1 Å². The van der Waals surface area contributed by atoms with E-state index >= 15 is 0 Å². The second kappa shape index (κ2) is 10.9. The van der Waals surface area contributed by atoms with Crippen LogP contribution < -0.4 is 10.6 Å². The zero-order valence-corrected chi connectivity index (χ0v) is 17.9. The number of carbonyl (C=O) groups excluding carboxylic acids is 2. The Labute approximate surface area is 178 Å². The van der Waals surface area contributed by atoms with Crippen molar-refractivity contribution in [2.45, 2.75) is 52.0 Å². The van der Waals surface area contributed by atoms with Gasteiger partial charge in [0, 0.05) is 38.2 Å². The van der Waals surface area contributed by atoms with E-state index in [1.807, 2.05) is 32.0 Å². The van der Waals surface area contributed by atoms with Gasteiger partial charge in [-0.05, 0) is 44.6 Å². The zero-order chi connectivity index (χ0) is 21.3. The molecule has 1 saturated heterocycles. The van der Waals surface area contributed by atoms with Gasteiger partial charge in [0.1, 0.15) is 5.76 Å². The second-order valence-corrected chi connectivity index (χ2v) is 8.00. The molecule has 2 aromatic rings. The number of carbonyl (C=O) groups is 2. The first-order valence-electron chi connectivity index (χ1n) is 10.8. The number of amides is 2. The van der Waals surface area contributed by atoms with Crippen LogP contribution >= 0.6 is 0 Å². The molecule has 0 aliphatic carbocycles. The van der Waals surface area contributed by atoms with Crippen LogP contribution in [0.1, 0.15) is 54.2 Å². The predicted octanol–water partition coefficient (Wildman–Crippen LogP) is 2.68. The fraction of sp³-hybridized carbons (Fsp3) is 0.522. The number of rotatable bonds is 3. The summed E-state index contributed by atoms with van der Waals surface area (Å²) in [5.74, 6) is 1.15. The smallest absolute Gasteiger partial charge is 0.234 e. The Kier molecular flexibility index (Phi) is 8.02. The molecule has 0 spiro atoms. The highest BCUT2D eigenvalue weighted by molar-refractivity contribution is 5.78. The van der Waals surface area contributed by atoms with Crippen LogP contribution in [0, 0.1) is 13.8 Å². The largest absolute Gasteiger partial charge is 0.361 e. The number of hydrogen-bond acceptors (Lipinski definition) is 5. The van der Waals surface area contributed by atoms with Gasteiger partial charge in [-0.1, -0.05) is 35.5 Å². The molecule has 7 heteroatoms. The van der Waals surface area contributed by atoms with Crippen molar-refractivity contribution >= 4 is 11.8 Å². The molecule has 1 fully saturated rings. The summed E-state index contributed by atoms with van der Waals surface area (Å²) in [5.41, 5.74) is 3.09. The van der Waals surface area contributed by atoms with Gasteiger partial charge in [0.15, 0.2) is 0 Å². The predicted molar refractivity (Wildman–Crippen MR) is 115 cm³/mol. The van der Waals surface area contributed by atoms with Crippen LogP contribution in [0.4, 0.5) is 0 Å². The highest BCUT2D eigenvalue weighted by Gasteiger charge is 2.18. The lowest BCUT2D eigenvalue weighted by molar-refractivity contribution is -0.123. The quantitative estimate of drug-likeness (QED) is 0.809. The Balaban J connectivity index is 1.66. The fourth-order valence-corrected chi connectivity index (χ4v) is 3.94. The second-order valence-electron chi connectivity index (χ2n) is 8.00. The van der Waals surface area contributed by atoms with Gasteiger partial charge in [0.25, 0.3) is 0 Å². The lowest BCUT2D eigenvalue weighted by Gasteiger charge is -2.23. The maximum Gasteiger partial charge on any atom is 0.234 e. The number of nitrogens with one attached hydrogen (secondary N) is 2. The topological polar surface area (TPSA) is 87.5 Å². The van der Waals surface area contributed by atoms with Crippen molar-refractivity contribution in [1.82, 2.24) is 20.7 Å². The minimum atomic E-state index is 0.0228. The van der Waals surface area contributed by atoms with Crippen LogP contribution in [0.15, 0.2) is 34.9 Å². The lowest BCUT2D eigenvalue weighted by Crippen LogP contribution is -2.39. The first-order chi connectivity index (χ1) is 14.5. The van der Waals surface area contributed by atoms with Crippen molar-refractivity contribution in [3.8, 4) is 0 Å². The lowest BCUT2D eigenvalue weighted by atomic mass is 9.91. The van der Waals surface area contributed by atoms with Crippen molar-refractivity contribution in [3.63, 3.8) is 0 Å². The highest BCUT2D eigenvalue weighted by Crippen LogP contribution is 2.24. The van der Waals surface area contributed by atoms with E-state index in [-0.39, 0.29) is 17.7 Å². The number of benzene rings is 1. The fourth-order valence-electron chi connectivity index (χ4n) is 3.94. The molecule has 1 aliphatic rings. The monoisotopic (exact) mass is 412 g/mol. The van der Waals surface area contributed by atoms with E-state index in [4.69, 9.17) is 4.52 Å². The van der Waals surface area contributed by atoms with E-state index in [9.17, 15) is 9.59 Å². The van der Waals surface area contributed by atoms with Gasteiger partial charge in [-0.15, -0.1) is 0 Å². The molecule has 0 radical (unpaired) electrons. The van der Waals surface area contributed by atoms with E-state index in [2.05, 4.69) is 32.8 Å². The molecule has 1 aromatic heterocycles.